The number of halogens is 3. The van der Waals surface area contributed by atoms with E-state index in [0.717, 1.165) is 24.5 Å². The maximum Gasteiger partial charge on any atom is 0.408 e. The number of nitrogens with one attached hydrogen (secondary N) is 2. The third kappa shape index (κ3) is 6.43. The van der Waals surface area contributed by atoms with Crippen LogP contribution in [0.3, 0.4) is 0 Å². The second-order valence-corrected chi connectivity index (χ2v) is 13.7. The number of H-pyrrole nitrogens is 1. The molecule has 0 spiro atoms. The fourth-order valence-electron chi connectivity index (χ4n) is 5.03. The van der Waals surface area contributed by atoms with Crippen LogP contribution in [-0.2, 0) is 28.0 Å². The molecule has 0 radical (unpaired) electrons. The van der Waals surface area contributed by atoms with Gasteiger partial charge < -0.3 is 15.0 Å². The van der Waals surface area contributed by atoms with E-state index in [-0.39, 0.29) is 33.1 Å². The number of amides is 1. The third-order valence-electron chi connectivity index (χ3n) is 6.66. The Balaban J connectivity index is 1.82. The molecule has 14 heteroatoms. The van der Waals surface area contributed by atoms with E-state index in [1.807, 2.05) is 0 Å². The Morgan fingerprint density at radius 2 is 1.77 bits per heavy atom. The zero-order valence-electron chi connectivity index (χ0n) is 24.3. The molecular weight excluding hydrogens is 616 g/mol. The van der Waals surface area contributed by atoms with Crippen LogP contribution < -0.4 is 10.9 Å². The van der Waals surface area contributed by atoms with Crippen LogP contribution >= 0.6 is 11.6 Å². The van der Waals surface area contributed by atoms with Crippen LogP contribution in [-0.4, -0.2) is 46.1 Å². The van der Waals surface area contributed by atoms with Gasteiger partial charge in [-0.2, -0.15) is 5.10 Å². The summed E-state index contributed by atoms with van der Waals surface area (Å²) in [5.74, 6) is -1.61. The summed E-state index contributed by atoms with van der Waals surface area (Å²) in [5, 5.41) is 7.09. The van der Waals surface area contributed by atoms with E-state index in [4.69, 9.17) is 21.3 Å². The Hall–Kier alpha value is -4.36. The molecule has 2 N–H and O–H groups in total. The van der Waals surface area contributed by atoms with E-state index >= 15 is 0 Å². The van der Waals surface area contributed by atoms with Crippen LogP contribution in [0.15, 0.2) is 58.4 Å². The molecule has 5 aromatic rings. The smallest absolute Gasteiger partial charge is 0.408 e. The van der Waals surface area contributed by atoms with E-state index in [1.165, 1.54) is 22.9 Å². The lowest BCUT2D eigenvalue weighted by molar-refractivity contribution is 0.0502. The maximum atomic E-state index is 14.2. The van der Waals surface area contributed by atoms with Crippen molar-refractivity contribution in [1.29, 1.82) is 0 Å². The molecule has 0 aliphatic heterocycles. The fourth-order valence-corrected chi connectivity index (χ4v) is 6.18. The number of sulfone groups is 1. The highest BCUT2D eigenvalue weighted by Gasteiger charge is 2.28. The van der Waals surface area contributed by atoms with Crippen molar-refractivity contribution < 1.29 is 26.7 Å². The molecule has 3 aromatic heterocycles. The van der Waals surface area contributed by atoms with Crippen LogP contribution in [0.2, 0.25) is 5.02 Å². The number of carbonyl (C=O) groups excluding carboxylic acids is 1. The SMILES string of the molecule is Cn1nc(S(C)(=O)=O)c2c(Cl)ccc(-c3cc4[nH]c(=O)ccc4nc3C(Cc3cc(F)cc(F)c3)NC(=O)OC(C)(C)C)c21. The number of aromatic nitrogens is 4. The topological polar surface area (TPSA) is 136 Å². The van der Waals surface area contributed by atoms with E-state index in [2.05, 4.69) is 15.4 Å². The van der Waals surface area contributed by atoms with Gasteiger partial charge in [0.15, 0.2) is 14.9 Å². The van der Waals surface area contributed by atoms with Gasteiger partial charge in [-0.3, -0.25) is 9.48 Å². The number of carbonyl (C=O) groups is 1. The van der Waals surface area contributed by atoms with E-state index in [0.29, 0.717) is 27.7 Å². The molecule has 0 bridgehead atoms. The van der Waals surface area contributed by atoms with Crippen LogP contribution in [0, 0.1) is 11.6 Å². The monoisotopic (exact) mass is 643 g/mol. The molecule has 230 valence electrons. The average molecular weight is 644 g/mol. The van der Waals surface area contributed by atoms with Crippen LogP contribution in [0.5, 0.6) is 0 Å². The minimum absolute atomic E-state index is 0.112. The van der Waals surface area contributed by atoms with Crippen molar-refractivity contribution in [3.63, 3.8) is 0 Å². The van der Waals surface area contributed by atoms with Crippen molar-refractivity contribution in [2.75, 3.05) is 6.26 Å². The molecular formula is C30H28ClF2N5O5S. The molecule has 44 heavy (non-hydrogen) atoms. The maximum absolute atomic E-state index is 14.2. The predicted molar refractivity (Wildman–Crippen MR) is 162 cm³/mol. The predicted octanol–water partition coefficient (Wildman–Crippen LogP) is 5.62. The van der Waals surface area contributed by atoms with Gasteiger partial charge >= 0.3 is 6.09 Å². The first-order valence-electron chi connectivity index (χ1n) is 13.3. The molecule has 10 nitrogen and oxygen atoms in total. The zero-order chi connectivity index (χ0) is 32.1. The van der Waals surface area contributed by atoms with Crippen molar-refractivity contribution in [2.45, 2.75) is 43.9 Å². The number of pyridine rings is 2. The van der Waals surface area contributed by atoms with Gasteiger partial charge in [0.25, 0.3) is 0 Å². The summed E-state index contributed by atoms with van der Waals surface area (Å²) in [6.07, 6.45) is 0.0963. The lowest BCUT2D eigenvalue weighted by Gasteiger charge is -2.25. The molecule has 1 unspecified atom stereocenters. The van der Waals surface area contributed by atoms with Crippen LogP contribution in [0.1, 0.15) is 38.1 Å². The quantitative estimate of drug-likeness (QED) is 0.245. The number of rotatable bonds is 6. The van der Waals surface area contributed by atoms with Gasteiger partial charge in [0.1, 0.15) is 17.2 Å². The first kappa shape index (κ1) is 31.1. The van der Waals surface area contributed by atoms with Gasteiger partial charge in [-0.1, -0.05) is 17.7 Å². The van der Waals surface area contributed by atoms with Crippen molar-refractivity contribution >= 4 is 49.5 Å². The summed E-state index contributed by atoms with van der Waals surface area (Å²) >= 11 is 6.50. The number of aromatic amines is 1. The summed E-state index contributed by atoms with van der Waals surface area (Å²) in [6, 6.07) is 9.57. The van der Waals surface area contributed by atoms with Gasteiger partial charge in [-0.05, 0) is 63.1 Å². The Morgan fingerprint density at radius 1 is 1.09 bits per heavy atom. The first-order valence-corrected chi connectivity index (χ1v) is 15.6. The highest BCUT2D eigenvalue weighted by Crippen LogP contribution is 2.40. The molecule has 0 fully saturated rings. The van der Waals surface area contributed by atoms with E-state index < -0.39 is 44.8 Å². The number of fused-ring (bicyclic) bond motifs is 2. The van der Waals surface area contributed by atoms with Gasteiger partial charge in [0.05, 0.1) is 38.7 Å². The molecule has 2 aromatic carbocycles. The molecule has 5 rings (SSSR count). The first-order chi connectivity index (χ1) is 20.5. The Kier molecular flexibility index (Phi) is 7.97. The Bertz CT molecular complexity index is 2100. The molecule has 0 aliphatic carbocycles. The van der Waals surface area contributed by atoms with Crippen LogP contribution in [0.25, 0.3) is 33.1 Å². The number of aryl methyl sites for hydroxylation is 1. The van der Waals surface area contributed by atoms with Crippen molar-refractivity contribution in [2.24, 2.45) is 7.05 Å². The summed E-state index contributed by atoms with van der Waals surface area (Å²) < 4.78 is 60.6. The molecule has 0 saturated carbocycles. The number of ether oxygens (including phenoxy) is 1. The number of hydrogen-bond donors (Lipinski definition) is 2. The molecule has 1 amide bonds. The second-order valence-electron chi connectivity index (χ2n) is 11.4. The number of benzene rings is 2. The highest BCUT2D eigenvalue weighted by atomic mass is 35.5. The Morgan fingerprint density at radius 3 is 2.41 bits per heavy atom. The number of alkyl carbamates (subject to hydrolysis) is 1. The lowest BCUT2D eigenvalue weighted by atomic mass is 9.93. The number of nitrogens with zero attached hydrogens (tertiary/aromatic N) is 3. The average Bonchev–Trinajstić information content (AvgIpc) is 3.25. The molecule has 1 atom stereocenters. The summed E-state index contributed by atoms with van der Waals surface area (Å²) in [4.78, 5) is 32.8. The van der Waals surface area contributed by atoms with Crippen molar-refractivity contribution in [3.8, 4) is 11.1 Å². The van der Waals surface area contributed by atoms with Crippen molar-refractivity contribution in [1.82, 2.24) is 25.1 Å². The largest absolute Gasteiger partial charge is 0.444 e. The van der Waals surface area contributed by atoms with Gasteiger partial charge in [-0.15, -0.1) is 0 Å². The summed E-state index contributed by atoms with van der Waals surface area (Å²) in [7, 11) is -2.25. The van der Waals surface area contributed by atoms with Gasteiger partial charge in [0, 0.05) is 36.6 Å². The van der Waals surface area contributed by atoms with Gasteiger partial charge in [-0.25, -0.2) is 27.0 Å². The normalized spacial score (nSPS) is 12.9. The standard InChI is InChI=1S/C30H28ClF2N5O5S/c1-30(2,3)43-29(40)36-23(12-15-10-16(32)13-17(33)11-15)26-19(14-22-21(35-26)8-9-24(39)34-22)18-6-7-20(31)25-27(18)38(4)37-28(25)44(5,41)42/h6-11,13-14,23H,12H2,1-5H3,(H,34,39)(H,36,40). The third-order valence-corrected chi connectivity index (χ3v) is 7.97. The molecule has 3 heterocycles. The number of hydrogen-bond acceptors (Lipinski definition) is 7. The minimum Gasteiger partial charge on any atom is -0.444 e. The Labute approximate surface area is 255 Å². The highest BCUT2D eigenvalue weighted by molar-refractivity contribution is 7.90. The fraction of sp³-hybridized carbons (Fsp3) is 0.267. The van der Waals surface area contributed by atoms with Crippen molar-refractivity contribution in [3.05, 3.63) is 86.8 Å². The van der Waals surface area contributed by atoms with E-state index in [9.17, 15) is 26.8 Å². The van der Waals surface area contributed by atoms with Gasteiger partial charge in [0.2, 0.25) is 5.56 Å². The zero-order valence-corrected chi connectivity index (χ0v) is 25.9. The lowest BCUT2D eigenvalue weighted by Crippen LogP contribution is -2.36. The summed E-state index contributed by atoms with van der Waals surface area (Å²) in [5.41, 5.74) is 1.04. The minimum atomic E-state index is -3.80. The van der Waals surface area contributed by atoms with Crippen LogP contribution in [0.4, 0.5) is 13.6 Å². The second kappa shape index (κ2) is 11.3. The molecule has 0 saturated heterocycles. The molecule has 0 aliphatic rings. The summed E-state index contributed by atoms with van der Waals surface area (Å²) in [6.45, 7) is 5.06. The van der Waals surface area contributed by atoms with E-state index in [1.54, 1.807) is 40.0 Å².